The summed E-state index contributed by atoms with van der Waals surface area (Å²) in [5.74, 6) is 0. The van der Waals surface area contributed by atoms with Crippen LogP contribution in [0.5, 0.6) is 0 Å². The van der Waals surface area contributed by atoms with Crippen molar-refractivity contribution in [1.29, 1.82) is 0 Å². The topological polar surface area (TPSA) is 97.0 Å². The van der Waals surface area contributed by atoms with E-state index in [1.54, 1.807) is 6.07 Å². The molecule has 0 aliphatic carbocycles. The molecule has 0 N–H and O–H groups in total. The summed E-state index contributed by atoms with van der Waals surface area (Å²) in [5.41, 5.74) is 1.22. The molecule has 0 aromatic carbocycles. The molecular weight excluding hydrogens is 410 g/mol. The highest BCUT2D eigenvalue weighted by atomic mass is 79.9. The van der Waals surface area contributed by atoms with Crippen molar-refractivity contribution < 1.29 is 14.4 Å². The first-order valence-corrected chi connectivity index (χ1v) is 7.21. The lowest BCUT2D eigenvalue weighted by Gasteiger charge is -2.00. The maximum absolute atomic E-state index is 10.9. The fourth-order valence-corrected chi connectivity index (χ4v) is 1.94. The molecule has 112 valence electrons. The Morgan fingerprint density at radius 3 is 2.10 bits per heavy atom. The predicted octanol–water partition coefficient (Wildman–Crippen LogP) is 2.69. The molecule has 0 atom stereocenters. The van der Waals surface area contributed by atoms with Crippen LogP contribution in [0.4, 0.5) is 5.69 Å². The van der Waals surface area contributed by atoms with E-state index in [9.17, 15) is 20.5 Å². The van der Waals surface area contributed by atoms with Crippen LogP contribution in [0.3, 0.4) is 0 Å². The predicted molar refractivity (Wildman–Crippen MR) is 82.3 cm³/mol. The van der Waals surface area contributed by atoms with Gasteiger partial charge in [0.2, 0.25) is 0 Å². The van der Waals surface area contributed by atoms with E-state index < -0.39 is 4.92 Å². The fourth-order valence-electron chi connectivity index (χ4n) is 1.37. The van der Waals surface area contributed by atoms with Gasteiger partial charge in [0, 0.05) is 43.5 Å². The van der Waals surface area contributed by atoms with Gasteiger partial charge in [-0.3, -0.25) is 10.1 Å². The molecule has 2 aromatic rings. The van der Waals surface area contributed by atoms with Gasteiger partial charge in [-0.2, -0.15) is 9.46 Å². The largest absolute Gasteiger partial charge is 0.618 e. The minimum absolute atomic E-state index is 0.0611. The summed E-state index contributed by atoms with van der Waals surface area (Å²) < 4.78 is 2.08. The number of hydrogen-bond donors (Lipinski definition) is 0. The normalized spacial score (nSPS) is 9.71. The number of hydrogen-bond acceptors (Lipinski definition) is 4. The number of nitrogens with zero attached hydrogens (tertiary/aromatic N) is 3. The average molecular weight is 421 g/mol. The Balaban J connectivity index is 0.000000219. The van der Waals surface area contributed by atoms with Gasteiger partial charge in [0.1, 0.15) is 5.56 Å². The van der Waals surface area contributed by atoms with Crippen molar-refractivity contribution >= 4 is 37.5 Å². The molecule has 2 rings (SSSR count). The van der Waals surface area contributed by atoms with Gasteiger partial charge in [-0.15, -0.1) is 0 Å². The molecule has 0 unspecified atom stereocenters. The Hall–Kier alpha value is -1.74. The number of pyridine rings is 2. The number of aryl methyl sites for hydroxylation is 1. The fraction of sp³-hybridized carbons (Fsp3) is 0.167. The first kappa shape index (κ1) is 17.3. The Labute approximate surface area is 137 Å². The van der Waals surface area contributed by atoms with E-state index in [0.717, 1.165) is 16.5 Å². The van der Waals surface area contributed by atoms with Gasteiger partial charge in [0.05, 0.1) is 11.0 Å². The van der Waals surface area contributed by atoms with Crippen LogP contribution >= 0.6 is 31.9 Å². The van der Waals surface area contributed by atoms with E-state index in [-0.39, 0.29) is 10.3 Å². The Bertz CT molecular complexity index is 660. The van der Waals surface area contributed by atoms with Gasteiger partial charge >= 0.3 is 0 Å². The quantitative estimate of drug-likeness (QED) is 0.233. The van der Waals surface area contributed by atoms with Crippen LogP contribution in [0, 0.1) is 34.4 Å². The maximum atomic E-state index is 10.9. The van der Waals surface area contributed by atoms with Crippen molar-refractivity contribution in [1.82, 2.24) is 0 Å². The summed E-state index contributed by atoms with van der Waals surface area (Å²) in [6.45, 7) is 3.38. The van der Waals surface area contributed by atoms with Crippen molar-refractivity contribution in [2.75, 3.05) is 0 Å². The molecule has 2 aromatic heterocycles. The van der Waals surface area contributed by atoms with Crippen LogP contribution in [0.15, 0.2) is 39.8 Å². The summed E-state index contributed by atoms with van der Waals surface area (Å²) in [6, 6.07) is 4.76. The van der Waals surface area contributed by atoms with Crippen molar-refractivity contribution in [3.05, 3.63) is 71.5 Å². The SMILES string of the molecule is Cc1c([N+](=O)[O-])cc[n+]([O-])c1Br.Cc1ccc[n+]([O-])c1Br. The Morgan fingerprint density at radius 2 is 1.62 bits per heavy atom. The van der Waals surface area contributed by atoms with Gasteiger partial charge in [-0.1, -0.05) is 0 Å². The summed E-state index contributed by atoms with van der Waals surface area (Å²) >= 11 is 6.07. The van der Waals surface area contributed by atoms with Crippen LogP contribution in [-0.4, -0.2) is 4.92 Å². The molecule has 9 heteroatoms. The van der Waals surface area contributed by atoms with Gasteiger partial charge in [0.25, 0.3) is 14.9 Å². The lowest BCUT2D eigenvalue weighted by molar-refractivity contribution is -0.618. The van der Waals surface area contributed by atoms with E-state index in [4.69, 9.17) is 0 Å². The molecule has 0 aliphatic heterocycles. The second kappa shape index (κ2) is 7.32. The molecule has 2 heterocycles. The lowest BCUT2D eigenvalue weighted by Crippen LogP contribution is -2.28. The smallest absolute Gasteiger partial charge is 0.285 e. The minimum atomic E-state index is -0.528. The van der Waals surface area contributed by atoms with Crippen LogP contribution in [0.1, 0.15) is 11.1 Å². The van der Waals surface area contributed by atoms with Crippen molar-refractivity contribution in [3.8, 4) is 0 Å². The van der Waals surface area contributed by atoms with E-state index in [2.05, 4.69) is 31.9 Å². The molecule has 0 aliphatic rings. The standard InChI is InChI=1S/C6H5BrN2O3.C6H6BrNO/c1-4-5(9(11)12)2-3-8(10)6(4)7;1-5-3-2-4-8(9)6(5)7/h2-3H,1H3;2-4H,1H3. The summed E-state index contributed by atoms with van der Waals surface area (Å²) in [7, 11) is 0. The molecule has 21 heavy (non-hydrogen) atoms. The third kappa shape index (κ3) is 4.36. The Morgan fingerprint density at radius 1 is 1.05 bits per heavy atom. The highest BCUT2D eigenvalue weighted by Crippen LogP contribution is 2.21. The molecule has 0 bridgehead atoms. The van der Waals surface area contributed by atoms with Crippen LogP contribution in [0.2, 0.25) is 0 Å². The molecular formula is C12H11Br2N3O4. The molecule has 0 saturated heterocycles. The van der Waals surface area contributed by atoms with Crippen molar-refractivity contribution in [2.24, 2.45) is 0 Å². The molecule has 0 fully saturated rings. The van der Waals surface area contributed by atoms with Gasteiger partial charge in [0.15, 0.2) is 12.4 Å². The van der Waals surface area contributed by atoms with Crippen molar-refractivity contribution in [3.63, 3.8) is 0 Å². The van der Waals surface area contributed by atoms with E-state index in [1.165, 1.54) is 19.2 Å². The summed E-state index contributed by atoms with van der Waals surface area (Å²) in [5, 5.41) is 31.9. The third-order valence-corrected chi connectivity index (χ3v) is 4.46. The Kier molecular flexibility index (Phi) is 6.03. The summed E-state index contributed by atoms with van der Waals surface area (Å²) in [4.78, 5) is 9.83. The van der Waals surface area contributed by atoms with E-state index in [1.807, 2.05) is 13.0 Å². The highest BCUT2D eigenvalue weighted by Gasteiger charge is 2.18. The molecule has 0 spiro atoms. The number of nitro groups is 1. The van der Waals surface area contributed by atoms with Crippen LogP contribution in [0.25, 0.3) is 0 Å². The van der Waals surface area contributed by atoms with Crippen LogP contribution < -0.4 is 9.46 Å². The van der Waals surface area contributed by atoms with Gasteiger partial charge in [-0.25, -0.2) is 0 Å². The number of rotatable bonds is 1. The van der Waals surface area contributed by atoms with Crippen LogP contribution in [-0.2, 0) is 0 Å². The molecule has 7 nitrogen and oxygen atoms in total. The van der Waals surface area contributed by atoms with Gasteiger partial charge in [-0.05, 0) is 19.9 Å². The zero-order valence-corrected chi connectivity index (χ0v) is 14.3. The molecule has 0 saturated carbocycles. The number of halogens is 2. The van der Waals surface area contributed by atoms with E-state index >= 15 is 0 Å². The van der Waals surface area contributed by atoms with Gasteiger partial charge < -0.3 is 10.4 Å². The molecule has 0 radical (unpaired) electrons. The third-order valence-electron chi connectivity index (χ3n) is 2.54. The van der Waals surface area contributed by atoms with E-state index in [0.29, 0.717) is 14.9 Å². The monoisotopic (exact) mass is 419 g/mol. The number of aromatic nitrogens is 2. The minimum Gasteiger partial charge on any atom is -0.618 e. The summed E-state index contributed by atoms with van der Waals surface area (Å²) in [6.07, 6.45) is 2.55. The molecule has 0 amide bonds. The average Bonchev–Trinajstić information content (AvgIpc) is 2.42. The zero-order valence-electron chi connectivity index (χ0n) is 11.1. The zero-order chi connectivity index (χ0) is 16.2. The first-order valence-electron chi connectivity index (χ1n) is 5.62. The first-order chi connectivity index (χ1) is 9.75. The van der Waals surface area contributed by atoms with Crippen molar-refractivity contribution in [2.45, 2.75) is 13.8 Å². The lowest BCUT2D eigenvalue weighted by atomic mass is 10.3. The second-order valence-corrected chi connectivity index (χ2v) is 5.51. The highest BCUT2D eigenvalue weighted by molar-refractivity contribution is 9.10. The second-order valence-electron chi connectivity index (χ2n) is 4.01. The maximum Gasteiger partial charge on any atom is 0.285 e.